The summed E-state index contributed by atoms with van der Waals surface area (Å²) in [6, 6.07) is 10.4. The van der Waals surface area contributed by atoms with E-state index in [1.807, 2.05) is 0 Å². The molecule has 5 rings (SSSR count). The zero-order chi connectivity index (χ0) is 31.3. The Morgan fingerprint density at radius 2 is 0.659 bits per heavy atom. The monoisotopic (exact) mass is 672 g/mol. The lowest BCUT2D eigenvalue weighted by atomic mass is 9.99. The number of nitrogens with zero attached hydrogens (tertiary/aromatic N) is 2. The van der Waals surface area contributed by atoms with E-state index in [1.54, 1.807) is 11.1 Å². The van der Waals surface area contributed by atoms with Crippen LogP contribution in [-0.4, -0.2) is 39.1 Å². The van der Waals surface area contributed by atoms with E-state index in [0.29, 0.717) is 0 Å². The van der Waals surface area contributed by atoms with Gasteiger partial charge in [-0.1, -0.05) is 141 Å². The van der Waals surface area contributed by atoms with Crippen molar-refractivity contribution in [2.75, 3.05) is 0 Å². The van der Waals surface area contributed by atoms with Crippen LogP contribution < -0.4 is 0 Å². The fourth-order valence-corrected chi connectivity index (χ4v) is 31.0. The summed E-state index contributed by atoms with van der Waals surface area (Å²) in [4.78, 5) is 0. The van der Waals surface area contributed by atoms with Crippen LogP contribution in [0, 0.1) is 0 Å². The minimum absolute atomic E-state index is 0.900. The third kappa shape index (κ3) is 9.17. The van der Waals surface area contributed by atoms with Gasteiger partial charge in [0.1, 0.15) is 0 Å². The van der Waals surface area contributed by atoms with Crippen molar-refractivity contribution in [3.63, 3.8) is 0 Å². The van der Waals surface area contributed by atoms with Gasteiger partial charge >= 0.3 is 0 Å². The Labute approximate surface area is 276 Å². The molecular formula is C38H70N2P2Si2. The van der Waals surface area contributed by atoms with Gasteiger partial charge in [-0.2, -0.15) is 0 Å². The van der Waals surface area contributed by atoms with E-state index >= 15 is 0 Å². The number of hydrogen-bond acceptors (Lipinski definition) is 2. The second-order valence-electron chi connectivity index (χ2n) is 17.6. The third-order valence-electron chi connectivity index (χ3n) is 11.7. The van der Waals surface area contributed by atoms with Gasteiger partial charge in [0.25, 0.3) is 0 Å². The van der Waals surface area contributed by atoms with Gasteiger partial charge in [0.15, 0.2) is 16.5 Å². The molecule has 0 amide bonds. The fourth-order valence-electron chi connectivity index (χ4n) is 10.1. The molecule has 2 nitrogen and oxygen atoms in total. The highest BCUT2D eigenvalue weighted by atomic mass is 31.2. The first-order valence-electron chi connectivity index (χ1n) is 19.3. The number of rotatable bonds is 10. The Morgan fingerprint density at radius 1 is 0.432 bits per heavy atom. The smallest absolute Gasteiger partial charge is 0.170 e. The van der Waals surface area contributed by atoms with Gasteiger partial charge in [0, 0.05) is 12.3 Å². The van der Waals surface area contributed by atoms with Crippen molar-refractivity contribution in [2.24, 2.45) is 8.82 Å². The van der Waals surface area contributed by atoms with E-state index in [-0.39, 0.29) is 0 Å². The summed E-state index contributed by atoms with van der Waals surface area (Å²) in [7, 11) is -5.97. The molecule has 0 unspecified atom stereocenters. The molecule has 6 heteroatoms. The van der Waals surface area contributed by atoms with E-state index in [2.05, 4.69) is 63.5 Å². The van der Waals surface area contributed by atoms with Crippen molar-refractivity contribution in [3.8, 4) is 0 Å². The topological polar surface area (TPSA) is 24.7 Å². The van der Waals surface area contributed by atoms with Crippen LogP contribution in [0.25, 0.3) is 0 Å². The SMILES string of the molecule is C[Si](C)(C)N=P(Cc1ccc(CP(=N[Si](C)(C)C)(C2CCCCC2)C2CCCCC2)cc1)(C1CCCCC1)C1CCCCC1. The van der Waals surface area contributed by atoms with Crippen molar-refractivity contribution in [2.45, 2.75) is 203 Å². The van der Waals surface area contributed by atoms with Crippen LogP contribution in [0.1, 0.15) is 140 Å². The molecule has 0 radical (unpaired) electrons. The van der Waals surface area contributed by atoms with Crippen LogP contribution in [0.5, 0.6) is 0 Å². The average Bonchev–Trinajstić information content (AvgIpc) is 3.02. The molecule has 0 heterocycles. The fraction of sp³-hybridized carbons (Fsp3) is 0.842. The molecule has 4 fully saturated rings. The zero-order valence-electron chi connectivity index (χ0n) is 30.0. The summed E-state index contributed by atoms with van der Waals surface area (Å²) in [5.41, 5.74) is 6.85. The van der Waals surface area contributed by atoms with Crippen LogP contribution in [0.2, 0.25) is 39.3 Å². The summed E-state index contributed by atoms with van der Waals surface area (Å²) in [5.74, 6) is 0. The molecule has 0 bridgehead atoms. The third-order valence-corrected chi connectivity index (χ3v) is 28.3. The summed E-state index contributed by atoms with van der Waals surface area (Å²) >= 11 is 0. The molecule has 1 aromatic carbocycles. The van der Waals surface area contributed by atoms with E-state index in [4.69, 9.17) is 8.82 Å². The quantitative estimate of drug-likeness (QED) is 0.175. The standard InChI is InChI=1S/C38H70N2P2Si2/c1-43(2,3)39-41(35-19-11-7-12-20-35,36-21-13-8-14-22-36)31-33-27-29-34(30-28-33)32-42(40-44(4,5)6,37-23-15-9-16-24-37)38-25-17-10-18-26-38/h27-30,35-38H,7-26,31-32H2,1-6H3. The lowest BCUT2D eigenvalue weighted by Crippen LogP contribution is -2.28. The molecule has 0 aromatic heterocycles. The van der Waals surface area contributed by atoms with E-state index in [1.165, 1.54) is 141 Å². The van der Waals surface area contributed by atoms with E-state index in [9.17, 15) is 0 Å². The van der Waals surface area contributed by atoms with Crippen molar-refractivity contribution in [3.05, 3.63) is 35.4 Å². The molecule has 4 aliphatic rings. The molecule has 1 aromatic rings. The van der Waals surface area contributed by atoms with Gasteiger partial charge in [-0.05, 0) is 99.2 Å². The minimum atomic E-state index is -1.55. The van der Waals surface area contributed by atoms with Crippen molar-refractivity contribution in [1.82, 2.24) is 0 Å². The van der Waals surface area contributed by atoms with E-state index < -0.39 is 30.6 Å². The van der Waals surface area contributed by atoms with Gasteiger partial charge in [-0.25, -0.2) is 0 Å². The van der Waals surface area contributed by atoms with Crippen LogP contribution in [0.15, 0.2) is 33.1 Å². The lowest BCUT2D eigenvalue weighted by molar-refractivity contribution is 0.480. The summed E-state index contributed by atoms with van der Waals surface area (Å²) < 4.78 is 12.3. The molecule has 44 heavy (non-hydrogen) atoms. The normalized spacial score (nSPS) is 23.0. The highest BCUT2D eigenvalue weighted by Gasteiger charge is 2.42. The first kappa shape index (κ1) is 35.4. The summed E-state index contributed by atoms with van der Waals surface area (Å²) in [5, 5.41) is 0. The highest BCUT2D eigenvalue weighted by Crippen LogP contribution is 2.69. The van der Waals surface area contributed by atoms with Crippen LogP contribution in [-0.2, 0) is 12.3 Å². The first-order chi connectivity index (χ1) is 21.0. The molecule has 0 atom stereocenters. The Morgan fingerprint density at radius 3 is 0.864 bits per heavy atom. The maximum atomic E-state index is 6.17. The second-order valence-corrected chi connectivity index (χ2v) is 35.0. The molecule has 250 valence electrons. The molecule has 0 N–H and O–H groups in total. The summed E-state index contributed by atoms with van der Waals surface area (Å²) in [6.07, 6.45) is 31.8. The van der Waals surface area contributed by atoms with Crippen molar-refractivity contribution >= 4 is 30.6 Å². The zero-order valence-corrected chi connectivity index (χ0v) is 33.8. The Balaban J connectivity index is 1.50. The van der Waals surface area contributed by atoms with Gasteiger partial charge in [0.05, 0.1) is 0 Å². The summed E-state index contributed by atoms with van der Waals surface area (Å²) in [6.45, 7) is 15.2. The van der Waals surface area contributed by atoms with Gasteiger partial charge in [-0.15, -0.1) is 0 Å². The van der Waals surface area contributed by atoms with Crippen LogP contribution in [0.3, 0.4) is 0 Å². The average molecular weight is 673 g/mol. The Hall–Kier alpha value is 0.114. The first-order valence-corrected chi connectivity index (χ1v) is 30.3. The molecule has 0 aliphatic heterocycles. The Kier molecular flexibility index (Phi) is 12.5. The lowest BCUT2D eigenvalue weighted by Gasteiger charge is -2.45. The van der Waals surface area contributed by atoms with Crippen LogP contribution >= 0.6 is 14.1 Å². The van der Waals surface area contributed by atoms with Crippen molar-refractivity contribution in [1.29, 1.82) is 0 Å². The van der Waals surface area contributed by atoms with Crippen molar-refractivity contribution < 1.29 is 0 Å². The molecular weight excluding hydrogens is 603 g/mol. The predicted molar refractivity (Wildman–Crippen MR) is 207 cm³/mol. The minimum Gasteiger partial charge on any atom is -0.337 e. The van der Waals surface area contributed by atoms with Gasteiger partial charge in [-0.3, -0.25) is 0 Å². The number of benzene rings is 1. The highest BCUT2D eigenvalue weighted by molar-refractivity contribution is 7.68. The maximum Gasteiger partial charge on any atom is 0.170 e. The molecule has 0 saturated heterocycles. The second kappa shape index (κ2) is 15.6. The van der Waals surface area contributed by atoms with E-state index in [0.717, 1.165) is 22.6 Å². The van der Waals surface area contributed by atoms with Gasteiger partial charge in [0.2, 0.25) is 0 Å². The number of hydrogen-bond donors (Lipinski definition) is 0. The molecule has 4 aliphatic carbocycles. The van der Waals surface area contributed by atoms with Crippen LogP contribution in [0.4, 0.5) is 0 Å². The molecule has 4 saturated carbocycles. The predicted octanol–water partition coefficient (Wildman–Crippen LogP) is 14.1. The maximum absolute atomic E-state index is 6.17. The van der Waals surface area contributed by atoms with Gasteiger partial charge < -0.3 is 8.82 Å². The Bertz CT molecular complexity index is 1000. The largest absolute Gasteiger partial charge is 0.337 e. The molecule has 0 spiro atoms.